The van der Waals surface area contributed by atoms with Crippen molar-refractivity contribution in [3.05, 3.63) is 0 Å². The Kier molecular flexibility index (Phi) is 8.82. The molecule has 164 valence electrons. The van der Waals surface area contributed by atoms with Crippen LogP contribution in [0.2, 0.25) is 0 Å². The second-order valence-electron chi connectivity index (χ2n) is 10.0. The molecule has 4 heteroatoms. The zero-order valence-electron chi connectivity index (χ0n) is 18.3. The molecule has 0 spiro atoms. The summed E-state index contributed by atoms with van der Waals surface area (Å²) in [5, 5.41) is 8.95. The maximum absolute atomic E-state index is 14.2. The van der Waals surface area contributed by atoms with E-state index in [1.165, 1.54) is 51.4 Å². The number of nitriles is 1. The zero-order valence-corrected chi connectivity index (χ0v) is 18.3. The molecule has 0 aromatic rings. The molecule has 0 amide bonds. The van der Waals surface area contributed by atoms with Gasteiger partial charge in [0.05, 0.1) is 12.0 Å². The minimum atomic E-state index is -1.18. The van der Waals surface area contributed by atoms with Crippen molar-refractivity contribution >= 4 is 5.97 Å². The molecule has 0 aliphatic heterocycles. The van der Waals surface area contributed by atoms with Gasteiger partial charge in [0.2, 0.25) is 0 Å². The lowest BCUT2D eigenvalue weighted by molar-refractivity contribution is -0.161. The lowest BCUT2D eigenvalue weighted by Crippen LogP contribution is -2.37. The number of nitrogens with zero attached hydrogens (tertiary/aromatic N) is 1. The maximum atomic E-state index is 14.2. The molecular weight excluding hydrogens is 365 g/mol. The maximum Gasteiger partial charge on any atom is 0.309 e. The summed E-state index contributed by atoms with van der Waals surface area (Å²) < 4.78 is 19.8. The fourth-order valence-electron chi connectivity index (χ4n) is 6.04. The average Bonchev–Trinajstić information content (AvgIpc) is 2.76. The molecule has 3 atom stereocenters. The number of hydrogen-bond acceptors (Lipinski definition) is 3. The van der Waals surface area contributed by atoms with Crippen LogP contribution in [0.15, 0.2) is 0 Å². The molecule has 0 aromatic carbocycles. The number of halogens is 1. The molecule has 0 saturated heterocycles. The van der Waals surface area contributed by atoms with Crippen LogP contribution in [0, 0.1) is 40.9 Å². The Morgan fingerprint density at radius 1 is 0.966 bits per heavy atom. The standard InChI is InChI=1S/C25H40FNO2/c1-2-3-4-5-18-6-9-20(10-7-18)21-11-13-22(14-12-21)25(28)29-24-15-8-19(17-27)16-23(24)26/h18-24H,2-16H2,1H3. The van der Waals surface area contributed by atoms with Crippen LogP contribution in [-0.4, -0.2) is 18.2 Å². The predicted molar refractivity (Wildman–Crippen MR) is 113 cm³/mol. The van der Waals surface area contributed by atoms with Gasteiger partial charge in [-0.25, -0.2) is 4.39 Å². The van der Waals surface area contributed by atoms with E-state index in [4.69, 9.17) is 10.00 Å². The highest BCUT2D eigenvalue weighted by molar-refractivity contribution is 5.72. The van der Waals surface area contributed by atoms with Gasteiger partial charge < -0.3 is 4.74 Å². The molecule has 3 aliphatic carbocycles. The molecule has 0 aromatic heterocycles. The van der Waals surface area contributed by atoms with Gasteiger partial charge in [0.1, 0.15) is 12.3 Å². The van der Waals surface area contributed by atoms with Crippen molar-refractivity contribution < 1.29 is 13.9 Å². The van der Waals surface area contributed by atoms with E-state index in [-0.39, 0.29) is 24.2 Å². The summed E-state index contributed by atoms with van der Waals surface area (Å²) in [6.07, 6.45) is 14.7. The lowest BCUT2D eigenvalue weighted by atomic mass is 9.68. The van der Waals surface area contributed by atoms with E-state index >= 15 is 0 Å². The van der Waals surface area contributed by atoms with E-state index in [0.29, 0.717) is 12.8 Å². The largest absolute Gasteiger partial charge is 0.459 e. The summed E-state index contributed by atoms with van der Waals surface area (Å²) in [5.74, 6) is 2.12. The van der Waals surface area contributed by atoms with Crippen molar-refractivity contribution in [2.24, 2.45) is 29.6 Å². The number of carbonyl (C=O) groups is 1. The lowest BCUT2D eigenvalue weighted by Gasteiger charge is -2.38. The van der Waals surface area contributed by atoms with Crippen LogP contribution in [0.5, 0.6) is 0 Å². The fourth-order valence-corrected chi connectivity index (χ4v) is 6.04. The van der Waals surface area contributed by atoms with Gasteiger partial charge in [-0.15, -0.1) is 0 Å². The fraction of sp³-hybridized carbons (Fsp3) is 0.920. The third-order valence-corrected chi connectivity index (χ3v) is 8.04. The summed E-state index contributed by atoms with van der Waals surface area (Å²) in [5.41, 5.74) is 0. The van der Waals surface area contributed by atoms with E-state index in [9.17, 15) is 9.18 Å². The smallest absolute Gasteiger partial charge is 0.309 e. The molecule has 0 radical (unpaired) electrons. The first-order valence-corrected chi connectivity index (χ1v) is 12.3. The minimum absolute atomic E-state index is 0.0440. The second kappa shape index (κ2) is 11.3. The predicted octanol–water partition coefficient (Wildman–Crippen LogP) is 6.75. The molecule has 0 bridgehead atoms. The monoisotopic (exact) mass is 405 g/mol. The van der Waals surface area contributed by atoms with Gasteiger partial charge in [-0.1, -0.05) is 45.4 Å². The van der Waals surface area contributed by atoms with Crippen LogP contribution in [0.4, 0.5) is 4.39 Å². The van der Waals surface area contributed by atoms with Crippen LogP contribution in [0.1, 0.15) is 103 Å². The van der Waals surface area contributed by atoms with Crippen LogP contribution in [-0.2, 0) is 9.53 Å². The molecule has 3 rings (SSSR count). The van der Waals surface area contributed by atoms with Gasteiger partial charge in [-0.2, -0.15) is 5.26 Å². The molecular formula is C25H40FNO2. The van der Waals surface area contributed by atoms with Crippen LogP contribution < -0.4 is 0 Å². The first-order valence-electron chi connectivity index (χ1n) is 12.3. The number of esters is 1. The third-order valence-electron chi connectivity index (χ3n) is 8.04. The normalized spacial score (nSPS) is 38.2. The van der Waals surface area contributed by atoms with Crippen molar-refractivity contribution in [3.63, 3.8) is 0 Å². The van der Waals surface area contributed by atoms with E-state index in [1.54, 1.807) is 0 Å². The third kappa shape index (κ3) is 6.43. The quantitative estimate of drug-likeness (QED) is 0.347. The Hall–Kier alpha value is -1.11. The van der Waals surface area contributed by atoms with Gasteiger partial charge in [0.25, 0.3) is 0 Å². The minimum Gasteiger partial charge on any atom is -0.459 e. The van der Waals surface area contributed by atoms with Gasteiger partial charge in [-0.3, -0.25) is 4.79 Å². The van der Waals surface area contributed by atoms with Crippen molar-refractivity contribution in [2.75, 3.05) is 0 Å². The van der Waals surface area contributed by atoms with Crippen LogP contribution >= 0.6 is 0 Å². The summed E-state index contributed by atoms with van der Waals surface area (Å²) in [6, 6.07) is 2.14. The molecule has 0 N–H and O–H groups in total. The number of hydrogen-bond donors (Lipinski definition) is 0. The van der Waals surface area contributed by atoms with E-state index in [2.05, 4.69) is 13.0 Å². The summed E-state index contributed by atoms with van der Waals surface area (Å²) in [7, 11) is 0. The molecule has 3 aliphatic rings. The van der Waals surface area contributed by atoms with Crippen molar-refractivity contribution in [3.8, 4) is 6.07 Å². The summed E-state index contributed by atoms with van der Waals surface area (Å²) >= 11 is 0. The average molecular weight is 406 g/mol. The van der Waals surface area contributed by atoms with E-state index in [0.717, 1.165) is 43.4 Å². The Balaban J connectivity index is 1.35. The van der Waals surface area contributed by atoms with Crippen molar-refractivity contribution in [2.45, 2.75) is 116 Å². The topological polar surface area (TPSA) is 50.1 Å². The van der Waals surface area contributed by atoms with Gasteiger partial charge in [0.15, 0.2) is 0 Å². The Labute approximate surface area is 176 Å². The molecule has 0 heterocycles. The van der Waals surface area contributed by atoms with Crippen molar-refractivity contribution in [1.29, 1.82) is 5.26 Å². The van der Waals surface area contributed by atoms with Crippen LogP contribution in [0.25, 0.3) is 0 Å². The number of carbonyl (C=O) groups excluding carboxylic acids is 1. The first-order chi connectivity index (χ1) is 14.1. The molecule has 3 unspecified atom stereocenters. The van der Waals surface area contributed by atoms with Gasteiger partial charge >= 0.3 is 5.97 Å². The Morgan fingerprint density at radius 3 is 2.21 bits per heavy atom. The molecule has 3 nitrogen and oxygen atoms in total. The first kappa shape index (κ1) is 22.6. The van der Waals surface area contributed by atoms with Gasteiger partial charge in [-0.05, 0) is 75.5 Å². The highest BCUT2D eigenvalue weighted by Gasteiger charge is 2.37. The second-order valence-corrected chi connectivity index (χ2v) is 10.0. The molecule has 29 heavy (non-hydrogen) atoms. The number of rotatable bonds is 7. The number of unbranched alkanes of at least 4 members (excludes halogenated alkanes) is 2. The SMILES string of the molecule is CCCCCC1CCC(C2CCC(C(=O)OC3CCC(C#N)CC3F)CC2)CC1. The highest BCUT2D eigenvalue weighted by atomic mass is 19.1. The van der Waals surface area contributed by atoms with Crippen molar-refractivity contribution in [1.82, 2.24) is 0 Å². The summed E-state index contributed by atoms with van der Waals surface area (Å²) in [4.78, 5) is 12.6. The molecule has 3 saturated carbocycles. The molecule has 3 fully saturated rings. The van der Waals surface area contributed by atoms with Crippen LogP contribution in [0.3, 0.4) is 0 Å². The Bertz CT molecular complexity index is 544. The summed E-state index contributed by atoms with van der Waals surface area (Å²) in [6.45, 7) is 2.28. The van der Waals surface area contributed by atoms with Gasteiger partial charge in [0, 0.05) is 5.92 Å². The number of ether oxygens (including phenoxy) is 1. The number of alkyl halides is 1. The van der Waals surface area contributed by atoms with E-state index < -0.39 is 12.3 Å². The zero-order chi connectivity index (χ0) is 20.6. The highest BCUT2D eigenvalue weighted by Crippen LogP contribution is 2.42. The van der Waals surface area contributed by atoms with E-state index in [1.807, 2.05) is 0 Å². The Morgan fingerprint density at radius 2 is 1.62 bits per heavy atom.